The summed E-state index contributed by atoms with van der Waals surface area (Å²) in [7, 11) is 0. The number of aromatic nitrogens is 4. The van der Waals surface area contributed by atoms with E-state index in [0.717, 1.165) is 5.69 Å². The Balaban J connectivity index is 2.55. The van der Waals surface area contributed by atoms with Crippen molar-refractivity contribution in [2.75, 3.05) is 0 Å². The molecule has 0 aliphatic rings. The monoisotopic (exact) mass is 234 g/mol. The molecule has 0 saturated heterocycles. The van der Waals surface area contributed by atoms with E-state index in [2.05, 4.69) is 15.0 Å². The van der Waals surface area contributed by atoms with E-state index >= 15 is 0 Å². The first-order valence-electron chi connectivity index (χ1n) is 5.20. The lowest BCUT2D eigenvalue weighted by Gasteiger charge is -1.99. The summed E-state index contributed by atoms with van der Waals surface area (Å²) >= 11 is 0. The average Bonchev–Trinajstić information content (AvgIpc) is 2.75. The highest BCUT2D eigenvalue weighted by Crippen LogP contribution is 2.16. The molecule has 18 heavy (non-hydrogen) atoms. The van der Waals surface area contributed by atoms with Crippen LogP contribution in [0.5, 0.6) is 0 Å². The molecule has 0 saturated carbocycles. The molecule has 3 heterocycles. The van der Waals surface area contributed by atoms with Crippen LogP contribution < -0.4 is 0 Å². The van der Waals surface area contributed by atoms with Gasteiger partial charge in [0.05, 0.1) is 0 Å². The van der Waals surface area contributed by atoms with E-state index in [-0.39, 0.29) is 11.4 Å². The predicted octanol–water partition coefficient (Wildman–Crippen LogP) is 1.33. The van der Waals surface area contributed by atoms with E-state index in [0.29, 0.717) is 16.9 Å². The molecule has 6 nitrogen and oxygen atoms in total. The molecule has 0 fully saturated rings. The van der Waals surface area contributed by atoms with Crippen molar-refractivity contribution in [1.82, 2.24) is 19.4 Å². The summed E-state index contributed by atoms with van der Waals surface area (Å²) in [6, 6.07) is 9.35. The highest BCUT2D eigenvalue weighted by Gasteiger charge is 2.13. The van der Waals surface area contributed by atoms with Gasteiger partial charge in [-0.05, 0) is 19.1 Å². The number of pyridine rings is 1. The molecule has 0 aromatic carbocycles. The maximum Gasteiger partial charge on any atom is 0.199 e. The molecule has 0 atom stereocenters. The maximum atomic E-state index is 8.95. The first-order valence-corrected chi connectivity index (χ1v) is 5.20. The van der Waals surface area contributed by atoms with Crippen molar-refractivity contribution in [3.05, 3.63) is 35.3 Å². The lowest BCUT2D eigenvalue weighted by molar-refractivity contribution is 1.09. The number of rotatable bonds is 0. The highest BCUT2D eigenvalue weighted by molar-refractivity contribution is 5.74. The third-order valence-electron chi connectivity index (χ3n) is 2.67. The Bertz CT molecular complexity index is 862. The number of aryl methyl sites for hydroxylation is 1. The molecular weight excluding hydrogens is 228 g/mol. The summed E-state index contributed by atoms with van der Waals surface area (Å²) in [5.74, 6) is 0. The van der Waals surface area contributed by atoms with E-state index in [1.54, 1.807) is 0 Å². The number of hydrogen-bond donors (Lipinski definition) is 0. The minimum atomic E-state index is 0.00561. The van der Waals surface area contributed by atoms with Gasteiger partial charge in [0, 0.05) is 5.69 Å². The molecule has 0 aliphatic carbocycles. The van der Waals surface area contributed by atoms with Crippen LogP contribution in [0.15, 0.2) is 18.2 Å². The van der Waals surface area contributed by atoms with Gasteiger partial charge in [-0.2, -0.15) is 10.5 Å². The van der Waals surface area contributed by atoms with Crippen molar-refractivity contribution in [3.63, 3.8) is 0 Å². The molecule has 0 radical (unpaired) electrons. The Morgan fingerprint density at radius 1 is 1.06 bits per heavy atom. The molecule has 3 aromatic heterocycles. The van der Waals surface area contributed by atoms with Gasteiger partial charge in [0.25, 0.3) is 0 Å². The normalized spacial score (nSPS) is 10.4. The Labute approximate surface area is 102 Å². The molecule has 3 rings (SSSR count). The Morgan fingerprint density at radius 3 is 2.50 bits per heavy atom. The Kier molecular flexibility index (Phi) is 1.98. The van der Waals surface area contributed by atoms with Gasteiger partial charge >= 0.3 is 0 Å². The fourth-order valence-corrected chi connectivity index (χ4v) is 1.87. The zero-order valence-corrected chi connectivity index (χ0v) is 9.42. The largest absolute Gasteiger partial charge is 0.280 e. The van der Waals surface area contributed by atoms with Crippen LogP contribution >= 0.6 is 0 Å². The smallest absolute Gasteiger partial charge is 0.199 e. The Hall–Kier alpha value is -2.99. The molecule has 0 unspecified atom stereocenters. The number of nitriles is 2. The zero-order valence-electron chi connectivity index (χ0n) is 9.42. The molecule has 0 spiro atoms. The van der Waals surface area contributed by atoms with Gasteiger partial charge in [0.2, 0.25) is 0 Å². The number of fused-ring (bicyclic) bond motifs is 3. The quantitative estimate of drug-likeness (QED) is 0.585. The van der Waals surface area contributed by atoms with Gasteiger partial charge in [-0.15, -0.1) is 0 Å². The highest BCUT2D eigenvalue weighted by atomic mass is 15.1. The van der Waals surface area contributed by atoms with E-state index in [4.69, 9.17) is 10.5 Å². The summed E-state index contributed by atoms with van der Waals surface area (Å²) in [4.78, 5) is 12.5. The summed E-state index contributed by atoms with van der Waals surface area (Å²) < 4.78 is 1.81. The topological polar surface area (TPSA) is 90.7 Å². The van der Waals surface area contributed by atoms with Crippen molar-refractivity contribution < 1.29 is 0 Å². The summed E-state index contributed by atoms with van der Waals surface area (Å²) in [6.07, 6.45) is 0. The maximum absolute atomic E-state index is 8.95. The molecule has 0 aliphatic heterocycles. The van der Waals surface area contributed by atoms with Crippen molar-refractivity contribution in [2.24, 2.45) is 0 Å². The standard InChI is InChI=1S/C12H6N6/c1-7-3-2-4-10-17-11-12(18(7)10)16-9(6-14)8(5-13)15-11/h2-4H,1H3. The third kappa shape index (κ3) is 1.23. The first kappa shape index (κ1) is 10.2. The molecule has 0 amide bonds. The fraction of sp³-hybridized carbons (Fsp3) is 0.0833. The lowest BCUT2D eigenvalue weighted by Crippen LogP contribution is -1.97. The summed E-state index contributed by atoms with van der Waals surface area (Å²) in [5.41, 5.74) is 2.54. The lowest BCUT2D eigenvalue weighted by atomic mass is 10.3. The number of nitrogens with zero attached hydrogens (tertiary/aromatic N) is 6. The van der Waals surface area contributed by atoms with E-state index < -0.39 is 0 Å². The second kappa shape index (κ2) is 3.51. The van der Waals surface area contributed by atoms with Gasteiger partial charge in [-0.1, -0.05) is 6.07 Å². The van der Waals surface area contributed by atoms with E-state index in [1.807, 2.05) is 41.7 Å². The van der Waals surface area contributed by atoms with E-state index in [1.165, 1.54) is 0 Å². The molecule has 6 heteroatoms. The predicted molar refractivity (Wildman–Crippen MR) is 62.5 cm³/mol. The molecule has 0 bridgehead atoms. The molecular formula is C12H6N6. The number of hydrogen-bond acceptors (Lipinski definition) is 5. The summed E-state index contributed by atoms with van der Waals surface area (Å²) in [6.45, 7) is 1.92. The van der Waals surface area contributed by atoms with Crippen molar-refractivity contribution in [2.45, 2.75) is 6.92 Å². The van der Waals surface area contributed by atoms with Gasteiger partial charge in [0.15, 0.2) is 22.7 Å². The van der Waals surface area contributed by atoms with Crippen LogP contribution in [0.3, 0.4) is 0 Å². The second-order valence-electron chi connectivity index (χ2n) is 3.76. The second-order valence-corrected chi connectivity index (χ2v) is 3.76. The fourth-order valence-electron chi connectivity index (χ4n) is 1.87. The summed E-state index contributed by atoms with van der Waals surface area (Å²) in [5, 5.41) is 17.9. The van der Waals surface area contributed by atoms with Crippen molar-refractivity contribution >= 4 is 16.9 Å². The van der Waals surface area contributed by atoms with Crippen molar-refractivity contribution in [3.8, 4) is 12.1 Å². The SMILES string of the molecule is Cc1cccc2nc3nc(C#N)c(C#N)nc3n12. The van der Waals surface area contributed by atoms with Crippen LogP contribution in [0, 0.1) is 29.6 Å². The van der Waals surface area contributed by atoms with Gasteiger partial charge in [0.1, 0.15) is 17.8 Å². The van der Waals surface area contributed by atoms with Gasteiger partial charge in [-0.3, -0.25) is 4.40 Å². The van der Waals surface area contributed by atoms with Gasteiger partial charge < -0.3 is 0 Å². The minimum absolute atomic E-state index is 0.00561. The third-order valence-corrected chi connectivity index (χ3v) is 2.67. The Morgan fingerprint density at radius 2 is 1.78 bits per heavy atom. The molecule has 3 aromatic rings. The molecule has 0 N–H and O–H groups in total. The molecule has 84 valence electrons. The van der Waals surface area contributed by atoms with Crippen molar-refractivity contribution in [1.29, 1.82) is 10.5 Å². The van der Waals surface area contributed by atoms with Gasteiger partial charge in [-0.25, -0.2) is 15.0 Å². The van der Waals surface area contributed by atoms with Crippen LogP contribution in [-0.2, 0) is 0 Å². The zero-order chi connectivity index (χ0) is 12.7. The first-order chi connectivity index (χ1) is 8.74. The van der Waals surface area contributed by atoms with Crippen LogP contribution in [0.1, 0.15) is 17.1 Å². The number of imidazole rings is 1. The van der Waals surface area contributed by atoms with Crippen LogP contribution in [0.25, 0.3) is 16.9 Å². The average molecular weight is 234 g/mol. The minimum Gasteiger partial charge on any atom is -0.280 e. The van der Waals surface area contributed by atoms with Crippen LogP contribution in [-0.4, -0.2) is 19.4 Å². The van der Waals surface area contributed by atoms with Crippen LogP contribution in [0.4, 0.5) is 0 Å². The van der Waals surface area contributed by atoms with E-state index in [9.17, 15) is 0 Å². The van der Waals surface area contributed by atoms with Crippen LogP contribution in [0.2, 0.25) is 0 Å².